The topological polar surface area (TPSA) is 56.6 Å². The van der Waals surface area contributed by atoms with Gasteiger partial charge in [-0.15, -0.1) is 0 Å². The van der Waals surface area contributed by atoms with Gasteiger partial charge in [0, 0.05) is 28.2 Å². The first kappa shape index (κ1) is 13.7. The summed E-state index contributed by atoms with van der Waals surface area (Å²) >= 11 is 12.0. The van der Waals surface area contributed by atoms with E-state index in [9.17, 15) is 4.79 Å². The number of H-pyrrole nitrogens is 1. The highest BCUT2D eigenvalue weighted by Gasteiger charge is 2.18. The summed E-state index contributed by atoms with van der Waals surface area (Å²) in [7, 11) is 0. The van der Waals surface area contributed by atoms with Crippen molar-refractivity contribution in [3.8, 4) is 6.07 Å². The first-order chi connectivity index (χ1) is 10.1. The Labute approximate surface area is 130 Å². The lowest BCUT2D eigenvalue weighted by molar-refractivity contribution is 0.104. The molecule has 5 heteroatoms. The smallest absolute Gasteiger partial charge is 0.196 e. The number of nitrogens with one attached hydrogen (secondary N) is 1. The Bertz CT molecular complexity index is 906. The molecule has 0 unspecified atom stereocenters. The van der Waals surface area contributed by atoms with E-state index >= 15 is 0 Å². The Morgan fingerprint density at radius 2 is 1.95 bits per heavy atom. The van der Waals surface area contributed by atoms with Gasteiger partial charge in [-0.2, -0.15) is 5.26 Å². The number of carbonyl (C=O) groups excluding carboxylic acids is 1. The van der Waals surface area contributed by atoms with Crippen LogP contribution in [0.25, 0.3) is 10.9 Å². The van der Waals surface area contributed by atoms with E-state index in [-0.39, 0.29) is 10.8 Å². The molecule has 0 atom stereocenters. The number of benzene rings is 2. The highest BCUT2D eigenvalue weighted by atomic mass is 35.5. The summed E-state index contributed by atoms with van der Waals surface area (Å²) in [6.45, 7) is 0. The molecule has 3 aromatic rings. The summed E-state index contributed by atoms with van der Waals surface area (Å²) in [5, 5.41) is 10.2. The van der Waals surface area contributed by atoms with Crippen LogP contribution in [-0.2, 0) is 0 Å². The summed E-state index contributed by atoms with van der Waals surface area (Å²) < 4.78 is 0. The zero-order chi connectivity index (χ0) is 15.0. The molecule has 1 N–H and O–H groups in total. The predicted molar refractivity (Wildman–Crippen MR) is 82.9 cm³/mol. The molecule has 21 heavy (non-hydrogen) atoms. The molecule has 3 rings (SSSR count). The van der Waals surface area contributed by atoms with E-state index in [1.54, 1.807) is 42.6 Å². The molecule has 1 aromatic heterocycles. The van der Waals surface area contributed by atoms with Crippen molar-refractivity contribution < 1.29 is 4.79 Å². The fourth-order valence-electron chi connectivity index (χ4n) is 2.21. The maximum Gasteiger partial charge on any atom is 0.196 e. The summed E-state index contributed by atoms with van der Waals surface area (Å²) in [6, 6.07) is 12.1. The van der Waals surface area contributed by atoms with Crippen molar-refractivity contribution >= 4 is 39.9 Å². The second-order valence-electron chi connectivity index (χ2n) is 4.51. The minimum absolute atomic E-state index is 0.210. The van der Waals surface area contributed by atoms with E-state index in [2.05, 4.69) is 11.1 Å². The quantitative estimate of drug-likeness (QED) is 0.704. The van der Waals surface area contributed by atoms with Crippen molar-refractivity contribution in [2.45, 2.75) is 0 Å². The summed E-state index contributed by atoms with van der Waals surface area (Å²) in [6.07, 6.45) is 1.62. The molecule has 3 nitrogen and oxygen atoms in total. The fraction of sp³-hybridized carbons (Fsp3) is 0. The number of rotatable bonds is 2. The van der Waals surface area contributed by atoms with Crippen molar-refractivity contribution in [2.75, 3.05) is 0 Å². The number of fused-ring (bicyclic) bond motifs is 1. The highest BCUT2D eigenvalue weighted by Crippen LogP contribution is 2.29. The SMILES string of the molecule is N#Cc1ccc2c(C(=O)c3cccc(Cl)c3Cl)c[nH]c2c1. The van der Waals surface area contributed by atoms with Gasteiger partial charge < -0.3 is 4.98 Å². The number of aromatic amines is 1. The van der Waals surface area contributed by atoms with Crippen molar-refractivity contribution in [2.24, 2.45) is 0 Å². The zero-order valence-electron chi connectivity index (χ0n) is 10.7. The normalized spacial score (nSPS) is 10.5. The Morgan fingerprint density at radius 1 is 1.14 bits per heavy atom. The van der Waals surface area contributed by atoms with E-state index in [0.717, 1.165) is 10.9 Å². The van der Waals surface area contributed by atoms with Crippen LogP contribution in [0.2, 0.25) is 10.0 Å². The van der Waals surface area contributed by atoms with Crippen molar-refractivity contribution in [3.63, 3.8) is 0 Å². The third-order valence-corrected chi connectivity index (χ3v) is 4.07. The van der Waals surface area contributed by atoms with Crippen molar-refractivity contribution in [1.29, 1.82) is 5.26 Å². The van der Waals surface area contributed by atoms with Gasteiger partial charge in [-0.05, 0) is 24.3 Å². The lowest BCUT2D eigenvalue weighted by Crippen LogP contribution is -2.01. The maximum absolute atomic E-state index is 12.6. The Kier molecular flexibility index (Phi) is 3.42. The first-order valence-corrected chi connectivity index (χ1v) is 6.87. The van der Waals surface area contributed by atoms with Crippen LogP contribution in [0.4, 0.5) is 0 Å². The predicted octanol–water partition coefficient (Wildman–Crippen LogP) is 4.58. The van der Waals surface area contributed by atoms with Crippen LogP contribution in [0.1, 0.15) is 21.5 Å². The molecule has 0 aliphatic carbocycles. The molecule has 0 bridgehead atoms. The minimum Gasteiger partial charge on any atom is -0.360 e. The molecule has 0 spiro atoms. The summed E-state index contributed by atoms with van der Waals surface area (Å²) in [5.41, 5.74) is 2.12. The second kappa shape index (κ2) is 5.25. The van der Waals surface area contributed by atoms with Gasteiger partial charge in [0.15, 0.2) is 5.78 Å². The van der Waals surface area contributed by atoms with Gasteiger partial charge in [0.25, 0.3) is 0 Å². The van der Waals surface area contributed by atoms with Crippen LogP contribution in [0.5, 0.6) is 0 Å². The van der Waals surface area contributed by atoms with Crippen LogP contribution < -0.4 is 0 Å². The van der Waals surface area contributed by atoms with E-state index in [0.29, 0.717) is 21.7 Å². The Balaban J connectivity index is 2.15. The van der Waals surface area contributed by atoms with E-state index < -0.39 is 0 Å². The van der Waals surface area contributed by atoms with Gasteiger partial charge in [0.1, 0.15) is 0 Å². The van der Waals surface area contributed by atoms with Crippen LogP contribution in [0, 0.1) is 11.3 Å². The molecule has 102 valence electrons. The summed E-state index contributed by atoms with van der Waals surface area (Å²) in [4.78, 5) is 15.6. The van der Waals surface area contributed by atoms with Crippen molar-refractivity contribution in [1.82, 2.24) is 4.98 Å². The van der Waals surface area contributed by atoms with Gasteiger partial charge in [-0.25, -0.2) is 0 Å². The number of ketones is 1. The van der Waals surface area contributed by atoms with E-state index in [1.807, 2.05) is 0 Å². The average Bonchev–Trinajstić information content (AvgIpc) is 2.92. The zero-order valence-corrected chi connectivity index (χ0v) is 12.2. The molecule has 0 aliphatic heterocycles. The number of carbonyl (C=O) groups is 1. The van der Waals surface area contributed by atoms with E-state index in [4.69, 9.17) is 28.5 Å². The summed E-state index contributed by atoms with van der Waals surface area (Å²) in [5.74, 6) is -0.210. The molecular formula is C16H8Cl2N2O. The molecule has 0 radical (unpaired) electrons. The molecule has 2 aromatic carbocycles. The van der Waals surface area contributed by atoms with Crippen molar-refractivity contribution in [3.05, 3.63) is 69.3 Å². The van der Waals surface area contributed by atoms with Gasteiger partial charge in [0.2, 0.25) is 0 Å². The van der Waals surface area contributed by atoms with Gasteiger partial charge >= 0.3 is 0 Å². The Morgan fingerprint density at radius 3 is 2.71 bits per heavy atom. The average molecular weight is 315 g/mol. The number of halogens is 2. The van der Waals surface area contributed by atoms with Gasteiger partial charge in [-0.3, -0.25) is 4.79 Å². The second-order valence-corrected chi connectivity index (χ2v) is 5.29. The lowest BCUT2D eigenvalue weighted by atomic mass is 10.0. The van der Waals surface area contributed by atoms with Crippen LogP contribution in [0.15, 0.2) is 42.6 Å². The molecule has 0 aliphatic rings. The number of nitrogens with zero attached hydrogens (tertiary/aromatic N) is 1. The molecule has 0 amide bonds. The van der Waals surface area contributed by atoms with Crippen LogP contribution >= 0.6 is 23.2 Å². The Hall–Kier alpha value is -2.28. The van der Waals surface area contributed by atoms with Gasteiger partial charge in [0.05, 0.1) is 21.7 Å². The molecule has 0 saturated heterocycles. The molecule has 0 fully saturated rings. The third kappa shape index (κ3) is 2.29. The molecule has 1 heterocycles. The first-order valence-electron chi connectivity index (χ1n) is 6.12. The standard InChI is InChI=1S/C16H8Cl2N2O/c17-13-3-1-2-11(15(13)18)16(21)12-8-20-14-6-9(7-19)4-5-10(12)14/h1-6,8,20H. The largest absolute Gasteiger partial charge is 0.360 e. The highest BCUT2D eigenvalue weighted by molar-refractivity contribution is 6.44. The van der Waals surface area contributed by atoms with Crippen LogP contribution in [0.3, 0.4) is 0 Å². The fourth-order valence-corrected chi connectivity index (χ4v) is 2.59. The third-order valence-electron chi connectivity index (χ3n) is 3.25. The number of hydrogen-bond donors (Lipinski definition) is 1. The molecular weight excluding hydrogens is 307 g/mol. The van der Waals surface area contributed by atoms with E-state index in [1.165, 1.54) is 0 Å². The number of nitriles is 1. The maximum atomic E-state index is 12.6. The van der Waals surface area contributed by atoms with Crippen LogP contribution in [-0.4, -0.2) is 10.8 Å². The minimum atomic E-state index is -0.210. The number of hydrogen-bond acceptors (Lipinski definition) is 2. The molecule has 0 saturated carbocycles. The number of aromatic nitrogens is 1. The van der Waals surface area contributed by atoms with Gasteiger partial charge in [-0.1, -0.05) is 35.3 Å². The lowest BCUT2D eigenvalue weighted by Gasteiger charge is -2.04. The monoisotopic (exact) mass is 314 g/mol.